The van der Waals surface area contributed by atoms with E-state index in [0.29, 0.717) is 16.5 Å². The fraction of sp³-hybridized carbons (Fsp3) is 0.158. The molecule has 0 spiro atoms. The van der Waals surface area contributed by atoms with Gasteiger partial charge in [0.25, 0.3) is 5.91 Å². The maximum absolute atomic E-state index is 13.1. The number of carbonyl (C=O) groups is 1. The van der Waals surface area contributed by atoms with Crippen LogP contribution >= 0.6 is 0 Å². The Morgan fingerprint density at radius 1 is 1.04 bits per heavy atom. The van der Waals surface area contributed by atoms with Crippen molar-refractivity contribution in [1.82, 2.24) is 5.32 Å². The number of aryl methyl sites for hydroxylation is 2. The van der Waals surface area contributed by atoms with Crippen LogP contribution in [0.4, 0.5) is 4.39 Å². The van der Waals surface area contributed by atoms with E-state index in [1.54, 1.807) is 24.3 Å². The van der Waals surface area contributed by atoms with Gasteiger partial charge in [-0.15, -0.1) is 0 Å². The van der Waals surface area contributed by atoms with Gasteiger partial charge in [-0.3, -0.25) is 9.59 Å². The topological polar surface area (TPSA) is 59.3 Å². The van der Waals surface area contributed by atoms with Crippen LogP contribution in [0.5, 0.6) is 0 Å². The highest BCUT2D eigenvalue weighted by atomic mass is 19.1. The monoisotopic (exact) mass is 323 g/mol. The molecule has 120 valence electrons. The average Bonchev–Trinajstić information content (AvgIpc) is 2.88. The smallest absolute Gasteiger partial charge is 0.288 e. The van der Waals surface area contributed by atoms with Gasteiger partial charge < -0.3 is 9.73 Å². The van der Waals surface area contributed by atoms with Crippen molar-refractivity contribution in [3.05, 3.63) is 80.5 Å². The summed E-state index contributed by atoms with van der Waals surface area (Å²) in [5.41, 5.74) is 3.05. The Kier molecular flexibility index (Phi) is 3.06. The second-order valence-corrected chi connectivity index (χ2v) is 6.06. The third kappa shape index (κ3) is 2.05. The first kappa shape index (κ1) is 14.6. The van der Waals surface area contributed by atoms with Gasteiger partial charge in [0.1, 0.15) is 11.4 Å². The number of carbonyl (C=O) groups excluding carboxylic acids is 1. The molecule has 0 radical (unpaired) electrons. The third-order valence-electron chi connectivity index (χ3n) is 4.52. The van der Waals surface area contributed by atoms with E-state index in [-0.39, 0.29) is 22.6 Å². The second-order valence-electron chi connectivity index (χ2n) is 6.06. The molecule has 1 aliphatic heterocycles. The van der Waals surface area contributed by atoms with Crippen molar-refractivity contribution >= 4 is 16.9 Å². The Bertz CT molecular complexity index is 1050. The van der Waals surface area contributed by atoms with E-state index in [2.05, 4.69) is 5.32 Å². The summed E-state index contributed by atoms with van der Waals surface area (Å²) in [7, 11) is 0. The molecule has 0 aliphatic carbocycles. The number of halogens is 1. The maximum Gasteiger partial charge on any atom is 0.288 e. The zero-order valence-corrected chi connectivity index (χ0v) is 13.1. The van der Waals surface area contributed by atoms with Crippen LogP contribution in [0.2, 0.25) is 0 Å². The van der Waals surface area contributed by atoms with E-state index in [9.17, 15) is 14.0 Å². The lowest BCUT2D eigenvalue weighted by atomic mass is 9.98. The van der Waals surface area contributed by atoms with Crippen molar-refractivity contribution in [1.29, 1.82) is 0 Å². The molecule has 1 unspecified atom stereocenters. The molecule has 1 aliphatic rings. The number of rotatable bonds is 1. The normalized spacial score (nSPS) is 16.3. The molecule has 1 N–H and O–H groups in total. The molecule has 5 heteroatoms. The summed E-state index contributed by atoms with van der Waals surface area (Å²) in [4.78, 5) is 25.2. The van der Waals surface area contributed by atoms with E-state index in [4.69, 9.17) is 4.42 Å². The fourth-order valence-corrected chi connectivity index (χ4v) is 3.07. The van der Waals surface area contributed by atoms with Crippen molar-refractivity contribution in [2.24, 2.45) is 0 Å². The molecule has 1 amide bonds. The van der Waals surface area contributed by atoms with Gasteiger partial charge in [-0.1, -0.05) is 12.1 Å². The Labute approximate surface area is 136 Å². The van der Waals surface area contributed by atoms with Crippen molar-refractivity contribution in [2.75, 3.05) is 0 Å². The largest absolute Gasteiger partial charge is 0.450 e. The molecule has 0 bridgehead atoms. The highest BCUT2D eigenvalue weighted by molar-refractivity contribution is 5.99. The first-order valence-corrected chi connectivity index (χ1v) is 7.60. The summed E-state index contributed by atoms with van der Waals surface area (Å²) < 4.78 is 18.9. The number of amides is 1. The van der Waals surface area contributed by atoms with E-state index in [1.807, 2.05) is 13.8 Å². The minimum Gasteiger partial charge on any atom is -0.450 e. The van der Waals surface area contributed by atoms with Gasteiger partial charge >= 0.3 is 0 Å². The van der Waals surface area contributed by atoms with Gasteiger partial charge in [0.2, 0.25) is 5.76 Å². The van der Waals surface area contributed by atoms with Crippen LogP contribution < -0.4 is 10.7 Å². The molecule has 4 rings (SSSR count). The number of benzene rings is 2. The summed E-state index contributed by atoms with van der Waals surface area (Å²) in [5, 5.41) is 3.19. The second kappa shape index (κ2) is 5.03. The van der Waals surface area contributed by atoms with Crippen molar-refractivity contribution in [3.8, 4) is 0 Å². The number of nitrogens with one attached hydrogen (secondary N) is 1. The highest BCUT2D eigenvalue weighted by Gasteiger charge is 2.35. The number of fused-ring (bicyclic) bond motifs is 2. The third-order valence-corrected chi connectivity index (χ3v) is 4.52. The van der Waals surface area contributed by atoms with E-state index >= 15 is 0 Å². The van der Waals surface area contributed by atoms with Crippen molar-refractivity contribution in [2.45, 2.75) is 19.9 Å². The molecule has 0 saturated heterocycles. The van der Waals surface area contributed by atoms with Crippen LogP contribution in [0.3, 0.4) is 0 Å². The molecule has 0 saturated carbocycles. The Hall–Kier alpha value is -2.95. The molecule has 4 nitrogen and oxygen atoms in total. The molecule has 0 fully saturated rings. The summed E-state index contributed by atoms with van der Waals surface area (Å²) in [6.45, 7) is 3.84. The quantitative estimate of drug-likeness (QED) is 0.747. The first-order chi connectivity index (χ1) is 11.5. The van der Waals surface area contributed by atoms with Crippen LogP contribution in [0.1, 0.15) is 38.9 Å². The predicted molar refractivity (Wildman–Crippen MR) is 87.7 cm³/mol. The predicted octanol–water partition coefficient (Wildman–Crippen LogP) is 3.38. The Balaban J connectivity index is 2.00. The molecule has 24 heavy (non-hydrogen) atoms. The van der Waals surface area contributed by atoms with Gasteiger partial charge in [-0.25, -0.2) is 4.39 Å². The van der Waals surface area contributed by atoms with Crippen LogP contribution in [0.25, 0.3) is 11.0 Å². The van der Waals surface area contributed by atoms with Gasteiger partial charge in [0.15, 0.2) is 5.43 Å². The average molecular weight is 323 g/mol. The lowest BCUT2D eigenvalue weighted by Gasteiger charge is -2.11. The summed E-state index contributed by atoms with van der Waals surface area (Å²) >= 11 is 0. The lowest BCUT2D eigenvalue weighted by molar-refractivity contribution is 0.0938. The Morgan fingerprint density at radius 2 is 1.71 bits per heavy atom. The fourth-order valence-electron chi connectivity index (χ4n) is 3.07. The van der Waals surface area contributed by atoms with E-state index in [0.717, 1.165) is 11.1 Å². The zero-order valence-electron chi connectivity index (χ0n) is 13.1. The van der Waals surface area contributed by atoms with Crippen LogP contribution in [0.15, 0.2) is 45.6 Å². The molecule has 2 aromatic carbocycles. The molecule has 3 aromatic rings. The molecule has 1 atom stereocenters. The van der Waals surface area contributed by atoms with E-state index in [1.165, 1.54) is 12.1 Å². The zero-order chi connectivity index (χ0) is 17.0. The minimum absolute atomic E-state index is 0.0325. The van der Waals surface area contributed by atoms with Gasteiger partial charge in [-0.2, -0.15) is 0 Å². The maximum atomic E-state index is 13.1. The van der Waals surface area contributed by atoms with Gasteiger partial charge in [0.05, 0.1) is 17.0 Å². The molecular formula is C19H14FNO3. The van der Waals surface area contributed by atoms with Crippen LogP contribution in [-0.2, 0) is 0 Å². The van der Waals surface area contributed by atoms with Crippen LogP contribution in [-0.4, -0.2) is 5.91 Å². The van der Waals surface area contributed by atoms with E-state index < -0.39 is 11.9 Å². The molecule has 1 aromatic heterocycles. The number of hydrogen-bond acceptors (Lipinski definition) is 3. The van der Waals surface area contributed by atoms with Crippen molar-refractivity contribution < 1.29 is 13.6 Å². The molecular weight excluding hydrogens is 309 g/mol. The van der Waals surface area contributed by atoms with Gasteiger partial charge in [0, 0.05) is 0 Å². The Morgan fingerprint density at radius 3 is 2.42 bits per heavy atom. The molecule has 2 heterocycles. The summed E-state index contributed by atoms with van der Waals surface area (Å²) in [5.74, 6) is -0.776. The van der Waals surface area contributed by atoms with Crippen molar-refractivity contribution in [3.63, 3.8) is 0 Å². The summed E-state index contributed by atoms with van der Waals surface area (Å²) in [6, 6.07) is 8.63. The first-order valence-electron chi connectivity index (χ1n) is 7.60. The standard InChI is InChI=1S/C19H14FNO3/c1-9-7-13-14(8-10(9)2)24-18-15(17(13)22)16(21-19(18)23)11-3-5-12(20)6-4-11/h3-8,16H,1-2H3,(H,21,23). The highest BCUT2D eigenvalue weighted by Crippen LogP contribution is 2.31. The summed E-state index contributed by atoms with van der Waals surface area (Å²) in [6.07, 6.45) is 0. The minimum atomic E-state index is -0.629. The number of hydrogen-bond donors (Lipinski definition) is 1. The van der Waals surface area contributed by atoms with Gasteiger partial charge in [-0.05, 0) is 54.8 Å². The van der Waals surface area contributed by atoms with Crippen LogP contribution in [0, 0.1) is 19.7 Å². The SMILES string of the molecule is Cc1cc2oc3c(c(=O)c2cc1C)C(c1ccc(F)cc1)NC3=O. The lowest BCUT2D eigenvalue weighted by Crippen LogP contribution is -2.21.